The van der Waals surface area contributed by atoms with Crippen molar-refractivity contribution in [2.24, 2.45) is 5.92 Å². The fraction of sp³-hybridized carbons (Fsp3) is 0.409. The van der Waals surface area contributed by atoms with E-state index in [4.69, 9.17) is 21.1 Å². The van der Waals surface area contributed by atoms with Crippen LogP contribution >= 0.6 is 11.6 Å². The van der Waals surface area contributed by atoms with Crippen LogP contribution in [0.5, 0.6) is 11.5 Å². The number of anilines is 1. The monoisotopic (exact) mass is 429 g/mol. The standard InChI is InChI=1S/C22H24ClN3O4/c1-14(22(28)25-20-5-3-17(23)13-24-20)26-8-6-15(7-9-26)21(27)16-2-4-18-19(12-16)30-11-10-29-18/h2-5,12-15H,6-11H2,1H3,(H,24,25,28)/t14-/m0/s1. The maximum atomic E-state index is 13.0. The van der Waals surface area contributed by atoms with Crippen molar-refractivity contribution in [3.63, 3.8) is 0 Å². The lowest BCUT2D eigenvalue weighted by Gasteiger charge is -2.34. The number of amides is 1. The molecule has 158 valence electrons. The summed E-state index contributed by atoms with van der Waals surface area (Å²) in [5.41, 5.74) is 0.650. The zero-order valence-electron chi connectivity index (χ0n) is 16.8. The van der Waals surface area contributed by atoms with E-state index in [2.05, 4.69) is 15.2 Å². The molecule has 7 nitrogen and oxygen atoms in total. The van der Waals surface area contributed by atoms with E-state index in [9.17, 15) is 9.59 Å². The number of ether oxygens (including phenoxy) is 2. The largest absolute Gasteiger partial charge is 0.486 e. The maximum Gasteiger partial charge on any atom is 0.242 e. The van der Waals surface area contributed by atoms with E-state index in [0.717, 1.165) is 0 Å². The molecule has 0 unspecified atom stereocenters. The Morgan fingerprint density at radius 2 is 1.87 bits per heavy atom. The number of benzene rings is 1. The second-order valence-corrected chi connectivity index (χ2v) is 8.00. The Balaban J connectivity index is 1.32. The Morgan fingerprint density at radius 3 is 2.57 bits per heavy atom. The average Bonchev–Trinajstić information content (AvgIpc) is 2.79. The number of rotatable bonds is 5. The van der Waals surface area contributed by atoms with Gasteiger partial charge in [0.2, 0.25) is 5.91 Å². The van der Waals surface area contributed by atoms with E-state index in [1.54, 1.807) is 30.3 Å². The van der Waals surface area contributed by atoms with Gasteiger partial charge in [-0.1, -0.05) is 11.6 Å². The third-order valence-electron chi connectivity index (χ3n) is 5.63. The van der Waals surface area contributed by atoms with Crippen LogP contribution in [0.3, 0.4) is 0 Å². The molecule has 2 aliphatic heterocycles. The van der Waals surface area contributed by atoms with Crippen molar-refractivity contribution in [3.8, 4) is 11.5 Å². The fourth-order valence-corrected chi connectivity index (χ4v) is 3.94. The molecule has 1 amide bonds. The molecule has 30 heavy (non-hydrogen) atoms. The van der Waals surface area contributed by atoms with Crippen LogP contribution in [0.4, 0.5) is 5.82 Å². The molecular formula is C22H24ClN3O4. The van der Waals surface area contributed by atoms with Crippen molar-refractivity contribution in [1.29, 1.82) is 0 Å². The number of halogens is 1. The van der Waals surface area contributed by atoms with Crippen LogP contribution in [-0.4, -0.2) is 53.9 Å². The highest BCUT2D eigenvalue weighted by Gasteiger charge is 2.30. The van der Waals surface area contributed by atoms with Crippen molar-refractivity contribution < 1.29 is 19.1 Å². The van der Waals surface area contributed by atoms with Gasteiger partial charge in [-0.15, -0.1) is 0 Å². The van der Waals surface area contributed by atoms with Crippen LogP contribution in [-0.2, 0) is 4.79 Å². The predicted octanol–water partition coefficient (Wildman–Crippen LogP) is 3.43. The number of carbonyl (C=O) groups excluding carboxylic acids is 2. The first-order chi connectivity index (χ1) is 14.5. The first-order valence-electron chi connectivity index (χ1n) is 10.1. The van der Waals surface area contributed by atoms with Crippen LogP contribution in [0.15, 0.2) is 36.5 Å². The average molecular weight is 430 g/mol. The number of ketones is 1. The number of pyridine rings is 1. The topological polar surface area (TPSA) is 80.8 Å². The number of piperidine rings is 1. The summed E-state index contributed by atoms with van der Waals surface area (Å²) in [6.07, 6.45) is 2.92. The van der Waals surface area contributed by atoms with E-state index in [-0.39, 0.29) is 23.7 Å². The van der Waals surface area contributed by atoms with Gasteiger partial charge < -0.3 is 14.8 Å². The summed E-state index contributed by atoms with van der Waals surface area (Å²) in [7, 11) is 0. The van der Waals surface area contributed by atoms with E-state index < -0.39 is 0 Å². The zero-order valence-corrected chi connectivity index (χ0v) is 17.5. The number of fused-ring (bicyclic) bond motifs is 1. The van der Waals surface area contributed by atoms with Gasteiger partial charge in [-0.05, 0) is 63.2 Å². The maximum absolute atomic E-state index is 13.0. The molecule has 2 aromatic rings. The highest BCUT2D eigenvalue weighted by Crippen LogP contribution is 2.32. The molecular weight excluding hydrogens is 406 g/mol. The minimum Gasteiger partial charge on any atom is -0.486 e. The molecule has 1 aromatic heterocycles. The molecule has 0 radical (unpaired) electrons. The first kappa shape index (κ1) is 20.6. The molecule has 4 rings (SSSR count). The SMILES string of the molecule is C[C@@H](C(=O)Nc1ccc(Cl)cn1)N1CCC(C(=O)c2ccc3c(c2)OCCO3)CC1. The lowest BCUT2D eigenvalue weighted by molar-refractivity contribution is -0.121. The summed E-state index contributed by atoms with van der Waals surface area (Å²) >= 11 is 5.83. The van der Waals surface area contributed by atoms with Gasteiger partial charge in [0.25, 0.3) is 0 Å². The number of hydrogen-bond acceptors (Lipinski definition) is 6. The zero-order chi connectivity index (χ0) is 21.1. The molecule has 2 aliphatic rings. The summed E-state index contributed by atoms with van der Waals surface area (Å²) in [5, 5.41) is 3.33. The molecule has 1 N–H and O–H groups in total. The van der Waals surface area contributed by atoms with Gasteiger partial charge in [0, 0.05) is 17.7 Å². The molecule has 0 aliphatic carbocycles. The Hall–Kier alpha value is -2.64. The van der Waals surface area contributed by atoms with E-state index >= 15 is 0 Å². The number of nitrogens with one attached hydrogen (secondary N) is 1. The molecule has 0 spiro atoms. The lowest BCUT2D eigenvalue weighted by Crippen LogP contribution is -2.47. The van der Waals surface area contributed by atoms with Crippen LogP contribution < -0.4 is 14.8 Å². The molecule has 0 bridgehead atoms. The highest BCUT2D eigenvalue weighted by molar-refractivity contribution is 6.30. The summed E-state index contributed by atoms with van der Waals surface area (Å²) in [5.74, 6) is 1.72. The minimum absolute atomic E-state index is 0.0583. The van der Waals surface area contributed by atoms with Gasteiger partial charge in [0.1, 0.15) is 19.0 Å². The second kappa shape index (κ2) is 9.02. The number of likely N-dealkylation sites (tertiary alicyclic amines) is 1. The number of Topliss-reactive ketones (excluding diaryl/α,β-unsaturated/α-hetero) is 1. The third kappa shape index (κ3) is 4.57. The molecule has 0 saturated carbocycles. The highest BCUT2D eigenvalue weighted by atomic mass is 35.5. The molecule has 8 heteroatoms. The third-order valence-corrected chi connectivity index (χ3v) is 5.86. The summed E-state index contributed by atoms with van der Waals surface area (Å²) in [4.78, 5) is 31.7. The van der Waals surface area contributed by atoms with E-state index in [1.165, 1.54) is 6.20 Å². The second-order valence-electron chi connectivity index (χ2n) is 7.56. The van der Waals surface area contributed by atoms with Crippen molar-refractivity contribution >= 4 is 29.1 Å². The van der Waals surface area contributed by atoms with Crippen LogP contribution in [0, 0.1) is 5.92 Å². The summed E-state index contributed by atoms with van der Waals surface area (Å²) < 4.78 is 11.1. The summed E-state index contributed by atoms with van der Waals surface area (Å²) in [6.45, 7) is 4.26. The summed E-state index contributed by atoms with van der Waals surface area (Å²) in [6, 6.07) is 8.42. The number of hydrogen-bond donors (Lipinski definition) is 1. The van der Waals surface area contributed by atoms with Crippen molar-refractivity contribution in [1.82, 2.24) is 9.88 Å². The Labute approximate surface area is 180 Å². The molecule has 1 fully saturated rings. The molecule has 1 saturated heterocycles. The van der Waals surface area contributed by atoms with Gasteiger partial charge in [-0.2, -0.15) is 0 Å². The van der Waals surface area contributed by atoms with Gasteiger partial charge in [-0.25, -0.2) is 4.98 Å². The van der Waals surface area contributed by atoms with Crippen molar-refractivity contribution in [2.45, 2.75) is 25.8 Å². The normalized spacial score (nSPS) is 17.9. The minimum atomic E-state index is -0.312. The Morgan fingerprint density at radius 1 is 1.13 bits per heavy atom. The van der Waals surface area contributed by atoms with Crippen molar-refractivity contribution in [2.75, 3.05) is 31.6 Å². The van der Waals surface area contributed by atoms with Crippen LogP contribution in [0.25, 0.3) is 0 Å². The number of aromatic nitrogens is 1. The van der Waals surface area contributed by atoms with Gasteiger partial charge in [0.15, 0.2) is 17.3 Å². The van der Waals surface area contributed by atoms with Gasteiger partial charge >= 0.3 is 0 Å². The fourth-order valence-electron chi connectivity index (χ4n) is 3.83. The smallest absolute Gasteiger partial charge is 0.242 e. The Kier molecular flexibility index (Phi) is 6.20. The van der Waals surface area contributed by atoms with E-state index in [1.807, 2.05) is 6.92 Å². The first-order valence-corrected chi connectivity index (χ1v) is 10.5. The molecule has 1 atom stereocenters. The van der Waals surface area contributed by atoms with Gasteiger partial charge in [0.05, 0.1) is 11.1 Å². The van der Waals surface area contributed by atoms with Crippen LogP contribution in [0.2, 0.25) is 5.02 Å². The molecule has 1 aromatic carbocycles. The van der Waals surface area contributed by atoms with Crippen LogP contribution in [0.1, 0.15) is 30.1 Å². The molecule has 3 heterocycles. The number of carbonyl (C=O) groups is 2. The lowest BCUT2D eigenvalue weighted by atomic mass is 9.88. The predicted molar refractivity (Wildman–Crippen MR) is 113 cm³/mol. The number of nitrogens with zero attached hydrogens (tertiary/aromatic N) is 2. The van der Waals surface area contributed by atoms with Crippen molar-refractivity contribution in [3.05, 3.63) is 47.1 Å². The van der Waals surface area contributed by atoms with Gasteiger partial charge in [-0.3, -0.25) is 14.5 Å². The van der Waals surface area contributed by atoms with E-state index in [0.29, 0.717) is 67.0 Å². The quantitative estimate of drug-likeness (QED) is 0.733. The Bertz CT molecular complexity index is 926.